The maximum Gasteiger partial charge on any atom is 0.305 e. The van der Waals surface area contributed by atoms with Gasteiger partial charge in [0.2, 0.25) is 0 Å². The Morgan fingerprint density at radius 3 is 3.07 bits per heavy atom. The minimum Gasteiger partial charge on any atom is -0.466 e. The summed E-state index contributed by atoms with van der Waals surface area (Å²) in [6.07, 6.45) is 8.56. The molecule has 0 spiro atoms. The molecule has 0 saturated heterocycles. The molecule has 1 atom stereocenters. The van der Waals surface area contributed by atoms with Crippen molar-refractivity contribution in [2.75, 3.05) is 6.61 Å². The van der Waals surface area contributed by atoms with E-state index in [0.717, 1.165) is 25.7 Å². The first kappa shape index (κ1) is 12.2. The Hall–Kier alpha value is -0.830. The van der Waals surface area contributed by atoms with Gasteiger partial charge >= 0.3 is 5.97 Å². The molecule has 1 aliphatic carbocycles. The number of hydrogen-bond donors (Lipinski definition) is 1. The molecule has 0 fully saturated rings. The lowest BCUT2D eigenvalue weighted by Gasteiger charge is -2.22. The second kappa shape index (κ2) is 5.91. The molecule has 15 heavy (non-hydrogen) atoms. The molecule has 1 aliphatic rings. The number of hydrogen-bond acceptors (Lipinski definition) is 3. The Kier molecular flexibility index (Phi) is 4.82. The summed E-state index contributed by atoms with van der Waals surface area (Å²) in [4.78, 5) is 11.2. The van der Waals surface area contributed by atoms with Crippen LogP contribution in [-0.4, -0.2) is 23.3 Å². The lowest BCUT2D eigenvalue weighted by molar-refractivity contribution is -0.144. The Morgan fingerprint density at radius 1 is 1.53 bits per heavy atom. The third-order valence-corrected chi connectivity index (χ3v) is 2.73. The lowest BCUT2D eigenvalue weighted by atomic mass is 9.93. The predicted molar refractivity (Wildman–Crippen MR) is 58.4 cm³/mol. The van der Waals surface area contributed by atoms with Crippen molar-refractivity contribution in [2.45, 2.75) is 51.0 Å². The first-order valence-electron chi connectivity index (χ1n) is 5.72. The van der Waals surface area contributed by atoms with Gasteiger partial charge in [-0.05, 0) is 39.0 Å². The number of aliphatic hydroxyl groups is 1. The van der Waals surface area contributed by atoms with Crippen molar-refractivity contribution >= 4 is 5.97 Å². The highest BCUT2D eigenvalue weighted by Crippen LogP contribution is 2.26. The second-order valence-electron chi connectivity index (χ2n) is 4.06. The minimum atomic E-state index is -0.788. The van der Waals surface area contributed by atoms with Gasteiger partial charge in [0, 0.05) is 6.42 Å². The highest BCUT2D eigenvalue weighted by Gasteiger charge is 2.25. The highest BCUT2D eigenvalue weighted by atomic mass is 16.5. The zero-order valence-electron chi connectivity index (χ0n) is 9.37. The van der Waals surface area contributed by atoms with Crippen LogP contribution in [-0.2, 0) is 9.53 Å². The van der Waals surface area contributed by atoms with Crippen LogP contribution in [0.15, 0.2) is 12.2 Å². The molecule has 3 nitrogen and oxygen atoms in total. The summed E-state index contributed by atoms with van der Waals surface area (Å²) < 4.78 is 4.84. The van der Waals surface area contributed by atoms with Gasteiger partial charge in [-0.15, -0.1) is 0 Å². The van der Waals surface area contributed by atoms with Crippen molar-refractivity contribution < 1.29 is 14.6 Å². The molecule has 3 heteroatoms. The number of rotatable bonds is 4. The molecular formula is C12H20O3. The first-order chi connectivity index (χ1) is 7.16. The molecule has 0 aliphatic heterocycles. The molecule has 0 aromatic carbocycles. The van der Waals surface area contributed by atoms with Crippen LogP contribution in [0.5, 0.6) is 0 Å². The summed E-state index contributed by atoms with van der Waals surface area (Å²) in [6.45, 7) is 2.20. The molecule has 1 N–H and O–H groups in total. The molecule has 0 heterocycles. The third kappa shape index (κ3) is 4.47. The fourth-order valence-corrected chi connectivity index (χ4v) is 1.84. The fraction of sp³-hybridized carbons (Fsp3) is 0.750. The van der Waals surface area contributed by atoms with Crippen LogP contribution >= 0.6 is 0 Å². The predicted octanol–water partition coefficient (Wildman–Crippen LogP) is 2.19. The van der Waals surface area contributed by atoms with E-state index < -0.39 is 5.60 Å². The van der Waals surface area contributed by atoms with Crippen molar-refractivity contribution in [1.82, 2.24) is 0 Å². The van der Waals surface area contributed by atoms with Crippen molar-refractivity contribution in [3.05, 3.63) is 12.2 Å². The van der Waals surface area contributed by atoms with E-state index in [9.17, 15) is 9.90 Å². The molecule has 86 valence electrons. The van der Waals surface area contributed by atoms with Crippen LogP contribution in [0.2, 0.25) is 0 Å². The largest absolute Gasteiger partial charge is 0.466 e. The molecular weight excluding hydrogens is 192 g/mol. The maximum atomic E-state index is 11.2. The van der Waals surface area contributed by atoms with Gasteiger partial charge in [0.1, 0.15) is 0 Å². The third-order valence-electron chi connectivity index (χ3n) is 2.73. The fourth-order valence-electron chi connectivity index (χ4n) is 1.84. The van der Waals surface area contributed by atoms with Crippen LogP contribution < -0.4 is 0 Å². The van der Waals surface area contributed by atoms with Gasteiger partial charge in [-0.25, -0.2) is 0 Å². The van der Waals surface area contributed by atoms with E-state index >= 15 is 0 Å². The van der Waals surface area contributed by atoms with Gasteiger partial charge in [0.15, 0.2) is 0 Å². The minimum absolute atomic E-state index is 0.219. The number of esters is 1. The molecule has 0 bridgehead atoms. The normalized spacial score (nSPS) is 26.0. The number of carbonyl (C=O) groups excluding carboxylic acids is 1. The van der Waals surface area contributed by atoms with Gasteiger partial charge in [-0.3, -0.25) is 4.79 Å². The average molecular weight is 212 g/mol. The summed E-state index contributed by atoms with van der Waals surface area (Å²) in [6, 6.07) is 0. The van der Waals surface area contributed by atoms with Crippen LogP contribution in [0.4, 0.5) is 0 Å². The Morgan fingerprint density at radius 2 is 2.33 bits per heavy atom. The summed E-state index contributed by atoms with van der Waals surface area (Å²) in [5.41, 5.74) is -0.788. The van der Waals surface area contributed by atoms with E-state index in [2.05, 4.69) is 0 Å². The smallest absolute Gasteiger partial charge is 0.305 e. The van der Waals surface area contributed by atoms with Crippen molar-refractivity contribution in [3.8, 4) is 0 Å². The van der Waals surface area contributed by atoms with Crippen molar-refractivity contribution in [3.63, 3.8) is 0 Å². The SMILES string of the molecule is CCOC(=O)CCC1(O)C=CCCCC1. The number of carbonyl (C=O) groups is 1. The molecule has 1 rings (SSSR count). The van der Waals surface area contributed by atoms with Crippen LogP contribution in [0.1, 0.15) is 45.4 Å². The van der Waals surface area contributed by atoms with E-state index in [1.807, 2.05) is 12.2 Å². The topological polar surface area (TPSA) is 46.5 Å². The molecule has 0 aromatic rings. The van der Waals surface area contributed by atoms with Gasteiger partial charge in [-0.2, -0.15) is 0 Å². The van der Waals surface area contributed by atoms with E-state index in [0.29, 0.717) is 19.4 Å². The summed E-state index contributed by atoms with van der Waals surface area (Å²) in [5, 5.41) is 10.2. The number of allylic oxidation sites excluding steroid dienone is 1. The number of ether oxygens (including phenoxy) is 1. The maximum absolute atomic E-state index is 11.2. The Balaban J connectivity index is 2.37. The van der Waals surface area contributed by atoms with Crippen LogP contribution in [0.3, 0.4) is 0 Å². The van der Waals surface area contributed by atoms with Gasteiger partial charge < -0.3 is 9.84 Å². The van der Waals surface area contributed by atoms with E-state index in [1.165, 1.54) is 0 Å². The molecule has 0 saturated carbocycles. The first-order valence-corrected chi connectivity index (χ1v) is 5.72. The van der Waals surface area contributed by atoms with Gasteiger partial charge in [0.25, 0.3) is 0 Å². The second-order valence-corrected chi connectivity index (χ2v) is 4.06. The van der Waals surface area contributed by atoms with Crippen molar-refractivity contribution in [2.24, 2.45) is 0 Å². The zero-order chi connectivity index (χ0) is 11.1. The zero-order valence-corrected chi connectivity index (χ0v) is 9.37. The molecule has 0 aromatic heterocycles. The highest BCUT2D eigenvalue weighted by molar-refractivity contribution is 5.69. The lowest BCUT2D eigenvalue weighted by Crippen LogP contribution is -2.26. The summed E-state index contributed by atoms with van der Waals surface area (Å²) in [5.74, 6) is -0.219. The van der Waals surface area contributed by atoms with E-state index in [1.54, 1.807) is 6.92 Å². The summed E-state index contributed by atoms with van der Waals surface area (Å²) >= 11 is 0. The van der Waals surface area contributed by atoms with E-state index in [-0.39, 0.29) is 5.97 Å². The van der Waals surface area contributed by atoms with Gasteiger partial charge in [-0.1, -0.05) is 12.2 Å². The Bertz CT molecular complexity index is 235. The quantitative estimate of drug-likeness (QED) is 0.574. The van der Waals surface area contributed by atoms with Crippen LogP contribution in [0, 0.1) is 0 Å². The summed E-state index contributed by atoms with van der Waals surface area (Å²) in [7, 11) is 0. The molecule has 0 radical (unpaired) electrons. The molecule has 0 amide bonds. The monoisotopic (exact) mass is 212 g/mol. The van der Waals surface area contributed by atoms with Gasteiger partial charge in [0.05, 0.1) is 12.2 Å². The van der Waals surface area contributed by atoms with E-state index in [4.69, 9.17) is 4.74 Å². The molecule has 1 unspecified atom stereocenters. The van der Waals surface area contributed by atoms with Crippen LogP contribution in [0.25, 0.3) is 0 Å². The van der Waals surface area contributed by atoms with Crippen molar-refractivity contribution in [1.29, 1.82) is 0 Å². The standard InChI is InChI=1S/C12H20O3/c1-2-15-11(13)7-10-12(14)8-5-3-4-6-9-12/h5,8,14H,2-4,6-7,9-10H2,1H3. The average Bonchev–Trinajstić information content (AvgIpc) is 2.42. The Labute approximate surface area is 91.1 Å².